The van der Waals surface area contributed by atoms with Crippen LogP contribution in [0, 0.1) is 5.41 Å². The number of ether oxygens (including phenoxy) is 2. The average molecular weight is 366 g/mol. The molecule has 140 valence electrons. The zero-order valence-electron chi connectivity index (χ0n) is 15.9. The van der Waals surface area contributed by atoms with Gasteiger partial charge in [0.15, 0.2) is 0 Å². The largest absolute Gasteiger partial charge is 0.497 e. The van der Waals surface area contributed by atoms with E-state index in [9.17, 15) is 9.59 Å². The van der Waals surface area contributed by atoms with Crippen molar-refractivity contribution >= 4 is 23.2 Å². The van der Waals surface area contributed by atoms with E-state index in [1.54, 1.807) is 38.1 Å². The third-order valence-corrected chi connectivity index (χ3v) is 5.71. The number of carbonyl (C=O) groups is 2. The lowest BCUT2D eigenvalue weighted by molar-refractivity contribution is -0.141. The first-order valence-electron chi connectivity index (χ1n) is 8.81. The molecule has 6 nitrogen and oxygen atoms in total. The summed E-state index contributed by atoms with van der Waals surface area (Å²) in [6, 6.07) is 11.2. The molecule has 0 aromatic heterocycles. The predicted molar refractivity (Wildman–Crippen MR) is 103 cm³/mol. The summed E-state index contributed by atoms with van der Waals surface area (Å²) >= 11 is 0. The van der Waals surface area contributed by atoms with Gasteiger partial charge in [0.25, 0.3) is 0 Å². The highest BCUT2D eigenvalue weighted by atomic mass is 16.5. The Morgan fingerprint density at radius 1 is 0.778 bits per heavy atom. The number of hydrogen-bond acceptors (Lipinski definition) is 4. The number of methoxy groups -OCH3 is 2. The Labute approximate surface area is 158 Å². The summed E-state index contributed by atoms with van der Waals surface area (Å²) in [6.07, 6.45) is 0.699. The van der Waals surface area contributed by atoms with Crippen LogP contribution in [0.15, 0.2) is 36.4 Å². The molecule has 0 bridgehead atoms. The van der Waals surface area contributed by atoms with Gasteiger partial charge < -0.3 is 19.3 Å². The SMILES string of the molecule is COc1ccc2c(c1)CC1(Cc3cc(OC)ccc3N(C)C1=O)C(=O)N2C. The van der Waals surface area contributed by atoms with Crippen LogP contribution < -0.4 is 19.3 Å². The third-order valence-electron chi connectivity index (χ3n) is 5.71. The topological polar surface area (TPSA) is 59.1 Å². The zero-order chi connectivity index (χ0) is 19.3. The summed E-state index contributed by atoms with van der Waals surface area (Å²) in [4.78, 5) is 29.9. The summed E-state index contributed by atoms with van der Waals surface area (Å²) in [5.74, 6) is 1.08. The van der Waals surface area contributed by atoms with Gasteiger partial charge in [-0.05, 0) is 60.4 Å². The highest BCUT2D eigenvalue weighted by molar-refractivity contribution is 6.19. The molecular weight excluding hydrogens is 344 g/mol. The molecule has 2 aliphatic heterocycles. The second-order valence-electron chi connectivity index (χ2n) is 7.15. The van der Waals surface area contributed by atoms with Gasteiger partial charge in [-0.3, -0.25) is 9.59 Å². The smallest absolute Gasteiger partial charge is 0.243 e. The van der Waals surface area contributed by atoms with Crippen LogP contribution in [0.3, 0.4) is 0 Å². The van der Waals surface area contributed by atoms with Crippen LogP contribution in [0.25, 0.3) is 0 Å². The molecule has 27 heavy (non-hydrogen) atoms. The number of nitrogens with zero attached hydrogens (tertiary/aromatic N) is 2. The van der Waals surface area contributed by atoms with Crippen LogP contribution in [0.4, 0.5) is 11.4 Å². The van der Waals surface area contributed by atoms with Gasteiger partial charge in [0.1, 0.15) is 16.9 Å². The molecular formula is C21H22N2O4. The molecule has 2 aliphatic rings. The van der Waals surface area contributed by atoms with E-state index in [4.69, 9.17) is 9.47 Å². The first-order valence-corrected chi connectivity index (χ1v) is 8.81. The Bertz CT molecular complexity index is 876. The minimum absolute atomic E-state index is 0.175. The van der Waals surface area contributed by atoms with Gasteiger partial charge in [-0.25, -0.2) is 0 Å². The molecule has 4 rings (SSSR count). The lowest BCUT2D eigenvalue weighted by Gasteiger charge is -2.45. The van der Waals surface area contributed by atoms with Gasteiger partial charge >= 0.3 is 0 Å². The summed E-state index contributed by atoms with van der Waals surface area (Å²) in [5.41, 5.74) is 2.35. The molecule has 2 amide bonds. The van der Waals surface area contributed by atoms with E-state index in [1.165, 1.54) is 0 Å². The minimum atomic E-state index is -1.15. The molecule has 2 aromatic carbocycles. The molecule has 0 atom stereocenters. The number of amides is 2. The van der Waals surface area contributed by atoms with Gasteiger partial charge in [-0.15, -0.1) is 0 Å². The van der Waals surface area contributed by atoms with E-state index >= 15 is 0 Å². The zero-order valence-corrected chi connectivity index (χ0v) is 15.9. The Morgan fingerprint density at radius 3 is 1.56 bits per heavy atom. The molecule has 0 aliphatic carbocycles. The summed E-state index contributed by atoms with van der Waals surface area (Å²) < 4.78 is 10.7. The Kier molecular flexibility index (Phi) is 3.87. The van der Waals surface area contributed by atoms with Crippen molar-refractivity contribution in [2.45, 2.75) is 12.8 Å². The van der Waals surface area contributed by atoms with Gasteiger partial charge in [-0.1, -0.05) is 0 Å². The molecule has 0 saturated heterocycles. The second-order valence-corrected chi connectivity index (χ2v) is 7.15. The quantitative estimate of drug-likeness (QED) is 0.766. The molecule has 0 saturated carbocycles. The molecule has 0 fully saturated rings. The maximum absolute atomic E-state index is 13.4. The number of rotatable bonds is 2. The normalized spacial score (nSPS) is 17.6. The van der Waals surface area contributed by atoms with E-state index in [0.717, 1.165) is 22.5 Å². The van der Waals surface area contributed by atoms with Gasteiger partial charge in [-0.2, -0.15) is 0 Å². The van der Waals surface area contributed by atoms with E-state index in [2.05, 4.69) is 0 Å². The van der Waals surface area contributed by atoms with Gasteiger partial charge in [0.05, 0.1) is 14.2 Å². The van der Waals surface area contributed by atoms with Crippen LogP contribution in [-0.4, -0.2) is 40.1 Å². The molecule has 6 heteroatoms. The van der Waals surface area contributed by atoms with Crippen molar-refractivity contribution in [2.24, 2.45) is 5.41 Å². The molecule has 1 spiro atoms. The number of anilines is 2. The van der Waals surface area contributed by atoms with E-state index in [1.807, 2.05) is 36.4 Å². The fourth-order valence-electron chi connectivity index (χ4n) is 4.28. The fraction of sp³-hybridized carbons (Fsp3) is 0.333. The summed E-state index contributed by atoms with van der Waals surface area (Å²) in [7, 11) is 6.67. The number of carbonyl (C=O) groups excluding carboxylic acids is 2. The number of fused-ring (bicyclic) bond motifs is 2. The second kappa shape index (κ2) is 6.01. The van der Waals surface area contributed by atoms with Crippen molar-refractivity contribution in [3.63, 3.8) is 0 Å². The van der Waals surface area contributed by atoms with Crippen molar-refractivity contribution in [3.8, 4) is 11.5 Å². The monoisotopic (exact) mass is 366 g/mol. The highest BCUT2D eigenvalue weighted by Gasteiger charge is 2.54. The van der Waals surface area contributed by atoms with E-state index in [0.29, 0.717) is 24.3 Å². The first kappa shape index (κ1) is 17.4. The first-order chi connectivity index (χ1) is 12.9. The highest BCUT2D eigenvalue weighted by Crippen LogP contribution is 2.46. The third kappa shape index (κ3) is 2.40. The molecule has 0 unspecified atom stereocenters. The number of benzene rings is 2. The van der Waals surface area contributed by atoms with Gasteiger partial charge in [0, 0.05) is 25.5 Å². The van der Waals surface area contributed by atoms with Gasteiger partial charge in [0.2, 0.25) is 11.8 Å². The van der Waals surface area contributed by atoms with E-state index < -0.39 is 5.41 Å². The molecule has 0 radical (unpaired) electrons. The minimum Gasteiger partial charge on any atom is -0.497 e. The predicted octanol–water partition coefficient (Wildman–Crippen LogP) is 2.43. The van der Waals surface area contributed by atoms with Crippen molar-refractivity contribution < 1.29 is 19.1 Å². The van der Waals surface area contributed by atoms with E-state index in [-0.39, 0.29) is 11.8 Å². The summed E-state index contributed by atoms with van der Waals surface area (Å²) in [5, 5.41) is 0. The standard InChI is InChI=1S/C21H22N2O4/c1-22-17-7-5-15(26-3)9-13(17)11-21(19(22)24)12-14-10-16(27-4)6-8-18(14)23(2)20(21)25/h5-10H,11-12H2,1-4H3. The average Bonchev–Trinajstić information content (AvgIpc) is 2.69. The van der Waals surface area contributed by atoms with Crippen molar-refractivity contribution in [1.82, 2.24) is 0 Å². The van der Waals surface area contributed by atoms with Crippen LogP contribution in [0.1, 0.15) is 11.1 Å². The van der Waals surface area contributed by atoms with Crippen molar-refractivity contribution in [1.29, 1.82) is 0 Å². The lowest BCUT2D eigenvalue weighted by Crippen LogP contribution is -2.59. The maximum atomic E-state index is 13.4. The molecule has 0 N–H and O–H groups in total. The molecule has 2 heterocycles. The fourth-order valence-corrected chi connectivity index (χ4v) is 4.28. The lowest BCUT2D eigenvalue weighted by atomic mass is 9.69. The maximum Gasteiger partial charge on any atom is 0.243 e. The Hall–Kier alpha value is -3.02. The van der Waals surface area contributed by atoms with Crippen LogP contribution in [-0.2, 0) is 22.4 Å². The van der Waals surface area contributed by atoms with Crippen LogP contribution in [0.2, 0.25) is 0 Å². The van der Waals surface area contributed by atoms with Crippen molar-refractivity contribution in [3.05, 3.63) is 47.5 Å². The Morgan fingerprint density at radius 2 is 1.19 bits per heavy atom. The van der Waals surface area contributed by atoms with Crippen molar-refractivity contribution in [2.75, 3.05) is 38.1 Å². The summed E-state index contributed by atoms with van der Waals surface area (Å²) in [6.45, 7) is 0. The number of hydrogen-bond donors (Lipinski definition) is 0. The van der Waals surface area contributed by atoms with Crippen LogP contribution >= 0.6 is 0 Å². The Balaban J connectivity index is 1.86. The molecule has 2 aromatic rings. The van der Waals surface area contributed by atoms with Crippen LogP contribution in [0.5, 0.6) is 11.5 Å².